The van der Waals surface area contributed by atoms with Crippen molar-refractivity contribution in [3.05, 3.63) is 35.4 Å². The highest BCUT2D eigenvalue weighted by Gasteiger charge is 2.37. The van der Waals surface area contributed by atoms with Gasteiger partial charge in [-0.15, -0.1) is 0 Å². The zero-order valence-corrected chi connectivity index (χ0v) is 11.6. The molecule has 0 bridgehead atoms. The number of carbonyl (C=O) groups excluding carboxylic acids is 1. The molecule has 3 nitrogen and oxygen atoms in total. The Balaban J connectivity index is 1.73. The number of amides is 1. The summed E-state index contributed by atoms with van der Waals surface area (Å²) in [6, 6.07) is 8.74. The summed E-state index contributed by atoms with van der Waals surface area (Å²) in [6.07, 6.45) is 4.47. The summed E-state index contributed by atoms with van der Waals surface area (Å²) < 4.78 is 0. The fourth-order valence-corrected chi connectivity index (χ4v) is 3.42. The number of nitrogens with zero attached hydrogens (tertiary/aromatic N) is 1. The van der Waals surface area contributed by atoms with Crippen LogP contribution >= 0.6 is 0 Å². The van der Waals surface area contributed by atoms with Gasteiger partial charge in [0.25, 0.3) is 0 Å². The Morgan fingerprint density at radius 2 is 2.21 bits per heavy atom. The maximum atomic E-state index is 12.7. The lowest BCUT2D eigenvalue weighted by Crippen LogP contribution is -2.51. The molecule has 2 aliphatic rings. The van der Waals surface area contributed by atoms with Crippen LogP contribution in [0.5, 0.6) is 0 Å². The standard InChI is InChI=1S/C16H22N2O/c1-17-11-13-7-4-5-9-18(13)16(19)15-10-12-6-2-3-8-14(12)15/h2-3,6,8,13,15,17H,4-5,7,9-11H2,1H3. The molecule has 1 amide bonds. The zero-order valence-electron chi connectivity index (χ0n) is 11.6. The van der Waals surface area contributed by atoms with E-state index in [2.05, 4.69) is 28.4 Å². The normalized spacial score (nSPS) is 25.6. The number of rotatable bonds is 3. The minimum Gasteiger partial charge on any atom is -0.338 e. The maximum absolute atomic E-state index is 12.7. The lowest BCUT2D eigenvalue weighted by molar-refractivity contribution is -0.137. The minimum atomic E-state index is 0.119. The molecule has 0 saturated carbocycles. The van der Waals surface area contributed by atoms with Crippen molar-refractivity contribution in [2.75, 3.05) is 20.1 Å². The Morgan fingerprint density at radius 1 is 1.37 bits per heavy atom. The number of hydrogen-bond acceptors (Lipinski definition) is 2. The van der Waals surface area contributed by atoms with Crippen LogP contribution < -0.4 is 5.32 Å². The van der Waals surface area contributed by atoms with E-state index in [-0.39, 0.29) is 5.92 Å². The Kier molecular flexibility index (Phi) is 3.56. The van der Waals surface area contributed by atoms with E-state index in [1.807, 2.05) is 13.1 Å². The van der Waals surface area contributed by atoms with Crippen LogP contribution in [0.2, 0.25) is 0 Å². The third-order valence-corrected chi connectivity index (χ3v) is 4.50. The molecule has 3 heteroatoms. The van der Waals surface area contributed by atoms with Crippen LogP contribution in [0.3, 0.4) is 0 Å². The zero-order chi connectivity index (χ0) is 13.2. The maximum Gasteiger partial charge on any atom is 0.230 e. The first-order chi connectivity index (χ1) is 9.31. The quantitative estimate of drug-likeness (QED) is 0.898. The highest BCUT2D eigenvalue weighted by molar-refractivity contribution is 5.87. The van der Waals surface area contributed by atoms with Crippen LogP contribution in [0.15, 0.2) is 24.3 Å². The van der Waals surface area contributed by atoms with Gasteiger partial charge in [-0.1, -0.05) is 24.3 Å². The van der Waals surface area contributed by atoms with E-state index < -0.39 is 0 Å². The van der Waals surface area contributed by atoms with Crippen molar-refractivity contribution in [1.82, 2.24) is 10.2 Å². The monoisotopic (exact) mass is 258 g/mol. The van der Waals surface area contributed by atoms with Crippen LogP contribution in [0.4, 0.5) is 0 Å². The van der Waals surface area contributed by atoms with Crippen molar-refractivity contribution < 1.29 is 4.79 Å². The largest absolute Gasteiger partial charge is 0.338 e. The second kappa shape index (κ2) is 5.33. The number of fused-ring (bicyclic) bond motifs is 1. The highest BCUT2D eigenvalue weighted by atomic mass is 16.2. The van der Waals surface area contributed by atoms with Gasteiger partial charge in [-0.2, -0.15) is 0 Å². The first kappa shape index (κ1) is 12.7. The fourth-order valence-electron chi connectivity index (χ4n) is 3.42. The van der Waals surface area contributed by atoms with E-state index in [1.54, 1.807) is 0 Å². The summed E-state index contributed by atoms with van der Waals surface area (Å²) in [5.74, 6) is 0.465. The molecule has 0 radical (unpaired) electrons. The summed E-state index contributed by atoms with van der Waals surface area (Å²) in [5, 5.41) is 3.22. The molecule has 1 aromatic carbocycles. The van der Waals surface area contributed by atoms with Crippen molar-refractivity contribution in [3.8, 4) is 0 Å². The molecule has 2 atom stereocenters. The van der Waals surface area contributed by atoms with Gasteiger partial charge in [0, 0.05) is 19.1 Å². The number of likely N-dealkylation sites (tertiary alicyclic amines) is 1. The fraction of sp³-hybridized carbons (Fsp3) is 0.562. The third kappa shape index (κ3) is 2.27. The molecular weight excluding hydrogens is 236 g/mol. The molecule has 3 rings (SSSR count). The minimum absolute atomic E-state index is 0.119. The van der Waals surface area contributed by atoms with E-state index in [4.69, 9.17) is 0 Å². The van der Waals surface area contributed by atoms with Gasteiger partial charge in [0.1, 0.15) is 0 Å². The summed E-state index contributed by atoms with van der Waals surface area (Å²) in [7, 11) is 1.97. The molecule has 0 aromatic heterocycles. The van der Waals surface area contributed by atoms with Crippen molar-refractivity contribution >= 4 is 5.91 Å². The predicted molar refractivity (Wildman–Crippen MR) is 76.2 cm³/mol. The summed E-state index contributed by atoms with van der Waals surface area (Å²) in [6.45, 7) is 1.85. The van der Waals surface area contributed by atoms with Gasteiger partial charge in [-0.3, -0.25) is 4.79 Å². The molecule has 1 aliphatic carbocycles. The number of likely N-dealkylation sites (N-methyl/N-ethyl adjacent to an activating group) is 1. The molecule has 1 aliphatic heterocycles. The van der Waals surface area contributed by atoms with E-state index in [0.717, 1.165) is 32.4 Å². The van der Waals surface area contributed by atoms with Crippen molar-refractivity contribution in [2.45, 2.75) is 37.6 Å². The van der Waals surface area contributed by atoms with Crippen LogP contribution in [-0.2, 0) is 11.2 Å². The summed E-state index contributed by atoms with van der Waals surface area (Å²) >= 11 is 0. The molecule has 102 valence electrons. The van der Waals surface area contributed by atoms with Crippen molar-refractivity contribution in [3.63, 3.8) is 0 Å². The molecule has 1 N–H and O–H groups in total. The van der Waals surface area contributed by atoms with Crippen LogP contribution in [0.1, 0.15) is 36.3 Å². The predicted octanol–water partition coefficient (Wildman–Crippen LogP) is 1.93. The Labute approximate surface area is 115 Å². The number of benzene rings is 1. The topological polar surface area (TPSA) is 32.3 Å². The lowest BCUT2D eigenvalue weighted by atomic mass is 9.76. The van der Waals surface area contributed by atoms with E-state index >= 15 is 0 Å². The number of hydrogen-bond donors (Lipinski definition) is 1. The molecule has 19 heavy (non-hydrogen) atoms. The van der Waals surface area contributed by atoms with Gasteiger partial charge >= 0.3 is 0 Å². The van der Waals surface area contributed by atoms with E-state index in [1.165, 1.54) is 17.5 Å². The van der Waals surface area contributed by atoms with E-state index in [9.17, 15) is 4.79 Å². The van der Waals surface area contributed by atoms with Gasteiger partial charge in [0.05, 0.1) is 5.92 Å². The first-order valence-corrected chi connectivity index (χ1v) is 7.34. The van der Waals surface area contributed by atoms with Gasteiger partial charge < -0.3 is 10.2 Å². The van der Waals surface area contributed by atoms with Crippen LogP contribution in [-0.4, -0.2) is 37.0 Å². The molecule has 0 spiro atoms. The molecule has 1 heterocycles. The second-order valence-corrected chi connectivity index (χ2v) is 5.69. The molecule has 1 saturated heterocycles. The van der Waals surface area contributed by atoms with Crippen LogP contribution in [0, 0.1) is 0 Å². The van der Waals surface area contributed by atoms with E-state index in [0.29, 0.717) is 11.9 Å². The summed E-state index contributed by atoms with van der Waals surface area (Å²) in [4.78, 5) is 14.9. The molecular formula is C16H22N2O. The third-order valence-electron chi connectivity index (χ3n) is 4.50. The van der Waals surface area contributed by atoms with Crippen molar-refractivity contribution in [2.24, 2.45) is 0 Å². The van der Waals surface area contributed by atoms with Crippen molar-refractivity contribution in [1.29, 1.82) is 0 Å². The number of carbonyl (C=O) groups is 1. The molecule has 1 aromatic rings. The average Bonchev–Trinajstić information content (AvgIpc) is 2.41. The second-order valence-electron chi connectivity index (χ2n) is 5.69. The molecule has 1 fully saturated rings. The average molecular weight is 258 g/mol. The lowest BCUT2D eigenvalue weighted by Gasteiger charge is -2.40. The Bertz CT molecular complexity index is 470. The SMILES string of the molecule is CNCC1CCCCN1C(=O)C1Cc2ccccc21. The summed E-state index contributed by atoms with van der Waals surface area (Å²) in [5.41, 5.74) is 2.60. The number of nitrogens with one attached hydrogen (secondary N) is 1. The smallest absolute Gasteiger partial charge is 0.230 e. The van der Waals surface area contributed by atoms with Gasteiger partial charge in [-0.05, 0) is 43.9 Å². The van der Waals surface area contributed by atoms with Gasteiger partial charge in [0.2, 0.25) is 5.91 Å². The highest BCUT2D eigenvalue weighted by Crippen LogP contribution is 2.37. The molecule has 2 unspecified atom stereocenters. The Morgan fingerprint density at radius 3 is 3.00 bits per heavy atom. The van der Waals surface area contributed by atoms with Gasteiger partial charge in [-0.25, -0.2) is 0 Å². The first-order valence-electron chi connectivity index (χ1n) is 7.34. The Hall–Kier alpha value is -1.35. The van der Waals surface area contributed by atoms with Gasteiger partial charge in [0.15, 0.2) is 0 Å². The van der Waals surface area contributed by atoms with Crippen LogP contribution in [0.25, 0.3) is 0 Å². The number of piperidine rings is 1.